The fourth-order valence-electron chi connectivity index (χ4n) is 3.42. The van der Waals surface area contributed by atoms with Crippen LogP contribution in [0.5, 0.6) is 11.5 Å². The fraction of sp³-hybridized carbons (Fsp3) is 0.364. The number of aryl methyl sites for hydroxylation is 1. The van der Waals surface area contributed by atoms with Crippen molar-refractivity contribution in [3.8, 4) is 11.5 Å². The molecule has 0 aliphatic heterocycles. The van der Waals surface area contributed by atoms with Gasteiger partial charge in [0.25, 0.3) is 0 Å². The third kappa shape index (κ3) is 4.13. The van der Waals surface area contributed by atoms with Crippen LogP contribution in [0.1, 0.15) is 43.2 Å². The molecule has 3 rings (SSSR count). The van der Waals surface area contributed by atoms with E-state index in [4.69, 9.17) is 14.5 Å². The van der Waals surface area contributed by atoms with E-state index in [9.17, 15) is 4.79 Å². The van der Waals surface area contributed by atoms with Crippen LogP contribution in [0.25, 0.3) is 0 Å². The summed E-state index contributed by atoms with van der Waals surface area (Å²) in [6.07, 6.45) is 2.79. The van der Waals surface area contributed by atoms with Crippen LogP contribution in [0.4, 0.5) is 5.69 Å². The van der Waals surface area contributed by atoms with Crippen molar-refractivity contribution in [2.75, 3.05) is 14.2 Å². The molecule has 0 amide bonds. The molecule has 0 radical (unpaired) electrons. The SMILES string of the molecule is CCc1ccc(N=C2CC(=O)CC(c3ccc(OC)c(OC)c3)C2)cc1. The predicted octanol–water partition coefficient (Wildman–Crippen LogP) is 4.88. The maximum absolute atomic E-state index is 12.3. The van der Waals surface area contributed by atoms with Gasteiger partial charge < -0.3 is 9.47 Å². The van der Waals surface area contributed by atoms with Gasteiger partial charge in [0.2, 0.25) is 0 Å². The minimum atomic E-state index is 0.129. The van der Waals surface area contributed by atoms with E-state index < -0.39 is 0 Å². The molecule has 4 nitrogen and oxygen atoms in total. The van der Waals surface area contributed by atoms with E-state index in [1.54, 1.807) is 14.2 Å². The molecule has 1 atom stereocenters. The molecule has 136 valence electrons. The number of benzene rings is 2. The summed E-state index contributed by atoms with van der Waals surface area (Å²) in [6.45, 7) is 2.13. The molecule has 0 spiro atoms. The smallest absolute Gasteiger partial charge is 0.160 e. The average Bonchev–Trinajstić information content (AvgIpc) is 2.67. The Kier molecular flexibility index (Phi) is 5.71. The Labute approximate surface area is 154 Å². The number of nitrogens with zero attached hydrogens (tertiary/aromatic N) is 1. The molecule has 4 heteroatoms. The average molecular weight is 351 g/mol. The maximum atomic E-state index is 12.3. The number of ether oxygens (including phenoxy) is 2. The number of carbonyl (C=O) groups excluding carboxylic acids is 1. The van der Waals surface area contributed by atoms with Crippen LogP contribution >= 0.6 is 0 Å². The number of rotatable bonds is 5. The molecule has 0 N–H and O–H groups in total. The lowest BCUT2D eigenvalue weighted by atomic mass is 9.82. The number of aliphatic imine (C=N–C) groups is 1. The quantitative estimate of drug-likeness (QED) is 0.772. The molecule has 1 saturated carbocycles. The van der Waals surface area contributed by atoms with E-state index in [2.05, 4.69) is 19.1 Å². The zero-order chi connectivity index (χ0) is 18.5. The second-order valence-corrected chi connectivity index (χ2v) is 6.63. The van der Waals surface area contributed by atoms with Gasteiger partial charge >= 0.3 is 0 Å². The zero-order valence-electron chi connectivity index (χ0n) is 15.6. The van der Waals surface area contributed by atoms with E-state index in [0.717, 1.165) is 29.8 Å². The lowest BCUT2D eigenvalue weighted by Crippen LogP contribution is -2.21. The number of methoxy groups -OCH3 is 2. The Balaban J connectivity index is 1.83. The van der Waals surface area contributed by atoms with Crippen molar-refractivity contribution in [2.24, 2.45) is 4.99 Å². The number of hydrogen-bond acceptors (Lipinski definition) is 4. The molecule has 1 aliphatic carbocycles. The standard InChI is InChI=1S/C22H25NO3/c1-4-15-5-8-18(9-6-15)23-19-11-17(12-20(24)14-19)16-7-10-21(25-2)22(13-16)26-3/h5-10,13,17H,4,11-12,14H2,1-3H3. The highest BCUT2D eigenvalue weighted by atomic mass is 16.5. The van der Waals surface area contributed by atoms with Crippen LogP contribution in [0.2, 0.25) is 0 Å². The van der Waals surface area contributed by atoms with Crippen molar-refractivity contribution in [2.45, 2.75) is 38.5 Å². The maximum Gasteiger partial charge on any atom is 0.160 e. The number of Topliss-reactive ketones (excluding diaryl/α,β-unsaturated/α-hetero) is 1. The van der Waals surface area contributed by atoms with Gasteiger partial charge in [0, 0.05) is 18.6 Å². The molecule has 0 bridgehead atoms. The molecule has 2 aromatic rings. The molecule has 1 fully saturated rings. The van der Waals surface area contributed by atoms with Crippen molar-refractivity contribution in [3.05, 3.63) is 53.6 Å². The fourth-order valence-corrected chi connectivity index (χ4v) is 3.42. The minimum absolute atomic E-state index is 0.129. The first-order valence-corrected chi connectivity index (χ1v) is 9.02. The summed E-state index contributed by atoms with van der Waals surface area (Å²) < 4.78 is 10.7. The molecule has 0 aromatic heterocycles. The van der Waals surface area contributed by atoms with Crippen molar-refractivity contribution in [1.82, 2.24) is 0 Å². The van der Waals surface area contributed by atoms with E-state index >= 15 is 0 Å². The van der Waals surface area contributed by atoms with Crippen LogP contribution in [-0.4, -0.2) is 25.7 Å². The third-order valence-electron chi connectivity index (χ3n) is 4.87. The van der Waals surface area contributed by atoms with Gasteiger partial charge in [0.15, 0.2) is 11.5 Å². The second kappa shape index (κ2) is 8.17. The number of hydrogen-bond donors (Lipinski definition) is 0. The van der Waals surface area contributed by atoms with E-state index in [0.29, 0.717) is 24.3 Å². The minimum Gasteiger partial charge on any atom is -0.493 e. The van der Waals surface area contributed by atoms with E-state index in [1.165, 1.54) is 5.56 Å². The normalized spacial score (nSPS) is 18.8. The largest absolute Gasteiger partial charge is 0.493 e. The Bertz CT molecular complexity index is 809. The van der Waals surface area contributed by atoms with Gasteiger partial charge in [-0.05, 0) is 54.2 Å². The van der Waals surface area contributed by atoms with Crippen LogP contribution in [-0.2, 0) is 11.2 Å². The van der Waals surface area contributed by atoms with Crippen molar-refractivity contribution < 1.29 is 14.3 Å². The first kappa shape index (κ1) is 18.2. The van der Waals surface area contributed by atoms with Gasteiger partial charge in [-0.25, -0.2) is 0 Å². The molecular formula is C22H25NO3. The van der Waals surface area contributed by atoms with Gasteiger partial charge in [-0.15, -0.1) is 0 Å². The summed E-state index contributed by atoms with van der Waals surface area (Å²) in [4.78, 5) is 17.0. The summed E-state index contributed by atoms with van der Waals surface area (Å²) in [6, 6.07) is 14.1. The monoisotopic (exact) mass is 351 g/mol. The van der Waals surface area contributed by atoms with Crippen LogP contribution in [0.15, 0.2) is 47.5 Å². The predicted molar refractivity (Wildman–Crippen MR) is 104 cm³/mol. The lowest BCUT2D eigenvalue weighted by Gasteiger charge is -2.23. The Morgan fingerprint density at radius 2 is 1.73 bits per heavy atom. The van der Waals surface area contributed by atoms with Crippen LogP contribution in [0, 0.1) is 0 Å². The highest BCUT2D eigenvalue weighted by Crippen LogP contribution is 2.36. The number of ketones is 1. The third-order valence-corrected chi connectivity index (χ3v) is 4.87. The summed E-state index contributed by atoms with van der Waals surface area (Å²) in [5.74, 6) is 1.75. The van der Waals surface area contributed by atoms with Crippen molar-refractivity contribution in [1.29, 1.82) is 0 Å². The Morgan fingerprint density at radius 1 is 1.00 bits per heavy atom. The van der Waals surface area contributed by atoms with Crippen molar-refractivity contribution >= 4 is 17.2 Å². The summed E-state index contributed by atoms with van der Waals surface area (Å²) in [7, 11) is 3.25. The molecule has 2 aromatic carbocycles. The summed E-state index contributed by atoms with van der Waals surface area (Å²) >= 11 is 0. The topological polar surface area (TPSA) is 47.9 Å². The van der Waals surface area contributed by atoms with Gasteiger partial charge in [-0.2, -0.15) is 0 Å². The molecule has 1 unspecified atom stereocenters. The molecule has 0 heterocycles. The van der Waals surface area contributed by atoms with Crippen molar-refractivity contribution in [3.63, 3.8) is 0 Å². The highest BCUT2D eigenvalue weighted by Gasteiger charge is 2.26. The molecular weight excluding hydrogens is 326 g/mol. The highest BCUT2D eigenvalue weighted by molar-refractivity contribution is 6.05. The van der Waals surface area contributed by atoms with Gasteiger partial charge in [0.05, 0.1) is 19.9 Å². The Morgan fingerprint density at radius 3 is 2.38 bits per heavy atom. The second-order valence-electron chi connectivity index (χ2n) is 6.63. The molecule has 26 heavy (non-hydrogen) atoms. The number of carbonyl (C=O) groups is 1. The molecule has 0 saturated heterocycles. The Hall–Kier alpha value is -2.62. The first-order chi connectivity index (χ1) is 12.6. The summed E-state index contributed by atoms with van der Waals surface area (Å²) in [5.41, 5.74) is 4.24. The van der Waals surface area contributed by atoms with E-state index in [-0.39, 0.29) is 11.7 Å². The zero-order valence-corrected chi connectivity index (χ0v) is 15.6. The summed E-state index contributed by atoms with van der Waals surface area (Å²) in [5, 5.41) is 0. The van der Waals surface area contributed by atoms with Gasteiger partial charge in [-0.3, -0.25) is 9.79 Å². The van der Waals surface area contributed by atoms with Crippen LogP contribution in [0.3, 0.4) is 0 Å². The lowest BCUT2D eigenvalue weighted by molar-refractivity contribution is -0.118. The first-order valence-electron chi connectivity index (χ1n) is 9.02. The van der Waals surface area contributed by atoms with Gasteiger partial charge in [-0.1, -0.05) is 25.1 Å². The molecule has 1 aliphatic rings. The van der Waals surface area contributed by atoms with Crippen LogP contribution < -0.4 is 9.47 Å². The van der Waals surface area contributed by atoms with E-state index in [1.807, 2.05) is 30.3 Å². The van der Waals surface area contributed by atoms with Gasteiger partial charge in [0.1, 0.15) is 5.78 Å².